The normalized spacial score (nSPS) is 12.3. The summed E-state index contributed by atoms with van der Waals surface area (Å²) in [5, 5.41) is 8.64. The molecule has 1 heterocycles. The van der Waals surface area contributed by atoms with E-state index in [2.05, 4.69) is 22.2 Å². The van der Waals surface area contributed by atoms with Crippen molar-refractivity contribution in [3.63, 3.8) is 0 Å². The summed E-state index contributed by atoms with van der Waals surface area (Å²) < 4.78 is 1.84. The highest BCUT2D eigenvalue weighted by Crippen LogP contribution is 2.31. The van der Waals surface area contributed by atoms with Crippen LogP contribution in [-0.2, 0) is 7.05 Å². The maximum Gasteiger partial charge on any atom is 0.0646 e. The lowest BCUT2D eigenvalue weighted by molar-refractivity contribution is 0.756. The summed E-state index contributed by atoms with van der Waals surface area (Å²) in [6.07, 6.45) is 2.05. The first-order chi connectivity index (χ1) is 9.38. The molecule has 0 saturated carbocycles. The Hall–Kier alpha value is -1.68. The molecular weight excluding hydrogens is 272 g/mol. The average molecular weight is 293 g/mol. The third-order valence-corrected chi connectivity index (χ3v) is 3.57. The SMILES string of the molecule is Cc1nn(C)cc1C(C)Nc1cc(Cl)ccc1N(C)C. The molecule has 2 aromatic rings. The Bertz CT molecular complexity index is 604. The van der Waals surface area contributed by atoms with Gasteiger partial charge in [-0.1, -0.05) is 11.6 Å². The van der Waals surface area contributed by atoms with Crippen molar-refractivity contribution >= 4 is 23.0 Å². The number of hydrogen-bond donors (Lipinski definition) is 1. The van der Waals surface area contributed by atoms with Gasteiger partial charge in [0.15, 0.2) is 0 Å². The smallest absolute Gasteiger partial charge is 0.0646 e. The molecule has 20 heavy (non-hydrogen) atoms. The van der Waals surface area contributed by atoms with Crippen LogP contribution in [0.25, 0.3) is 0 Å². The van der Waals surface area contributed by atoms with Gasteiger partial charge in [0.2, 0.25) is 0 Å². The van der Waals surface area contributed by atoms with Crippen molar-refractivity contribution < 1.29 is 0 Å². The second kappa shape index (κ2) is 5.75. The Morgan fingerprint density at radius 2 is 2.05 bits per heavy atom. The van der Waals surface area contributed by atoms with E-state index in [-0.39, 0.29) is 6.04 Å². The van der Waals surface area contributed by atoms with Crippen molar-refractivity contribution in [1.29, 1.82) is 0 Å². The van der Waals surface area contributed by atoms with Gasteiger partial charge in [-0.15, -0.1) is 0 Å². The second-order valence-electron chi connectivity index (χ2n) is 5.27. The van der Waals surface area contributed by atoms with E-state index >= 15 is 0 Å². The lowest BCUT2D eigenvalue weighted by atomic mass is 10.1. The molecule has 1 atom stereocenters. The highest BCUT2D eigenvalue weighted by molar-refractivity contribution is 6.31. The molecule has 1 unspecified atom stereocenters. The van der Waals surface area contributed by atoms with Crippen molar-refractivity contribution in [2.45, 2.75) is 19.9 Å². The lowest BCUT2D eigenvalue weighted by Crippen LogP contribution is -2.14. The fourth-order valence-electron chi connectivity index (χ4n) is 2.37. The molecule has 0 fully saturated rings. The average Bonchev–Trinajstić information content (AvgIpc) is 2.68. The van der Waals surface area contributed by atoms with Gasteiger partial charge in [0.05, 0.1) is 23.1 Å². The van der Waals surface area contributed by atoms with Crippen molar-refractivity contribution in [1.82, 2.24) is 9.78 Å². The van der Waals surface area contributed by atoms with Gasteiger partial charge in [-0.3, -0.25) is 4.68 Å². The minimum Gasteiger partial charge on any atom is -0.377 e. The molecular formula is C15H21ClN4. The summed E-state index contributed by atoms with van der Waals surface area (Å²) in [4.78, 5) is 2.07. The molecule has 0 aliphatic carbocycles. The second-order valence-corrected chi connectivity index (χ2v) is 5.70. The Labute approximate surface area is 125 Å². The first-order valence-electron chi connectivity index (χ1n) is 6.62. The van der Waals surface area contributed by atoms with E-state index in [0.717, 1.165) is 22.1 Å². The van der Waals surface area contributed by atoms with Gasteiger partial charge in [-0.05, 0) is 32.0 Å². The highest BCUT2D eigenvalue weighted by atomic mass is 35.5. The molecule has 0 aliphatic heterocycles. The highest BCUT2D eigenvalue weighted by Gasteiger charge is 2.14. The van der Waals surface area contributed by atoms with Gasteiger partial charge in [0.1, 0.15) is 0 Å². The minimum absolute atomic E-state index is 0.167. The molecule has 0 spiro atoms. The summed E-state index contributed by atoms with van der Waals surface area (Å²) in [5.74, 6) is 0. The predicted molar refractivity (Wildman–Crippen MR) is 85.8 cm³/mol. The van der Waals surface area contributed by atoms with Gasteiger partial charge >= 0.3 is 0 Å². The van der Waals surface area contributed by atoms with Crippen LogP contribution >= 0.6 is 11.6 Å². The number of halogens is 1. The van der Waals surface area contributed by atoms with Gasteiger partial charge in [0.25, 0.3) is 0 Å². The van der Waals surface area contributed by atoms with Crippen LogP contribution in [-0.4, -0.2) is 23.9 Å². The number of hydrogen-bond acceptors (Lipinski definition) is 3. The van der Waals surface area contributed by atoms with Gasteiger partial charge < -0.3 is 10.2 Å². The van der Waals surface area contributed by atoms with Gasteiger partial charge in [-0.25, -0.2) is 0 Å². The molecule has 4 nitrogen and oxygen atoms in total. The van der Waals surface area contributed by atoms with Crippen LogP contribution in [0.3, 0.4) is 0 Å². The zero-order valence-corrected chi connectivity index (χ0v) is 13.4. The molecule has 0 saturated heterocycles. The summed E-state index contributed by atoms with van der Waals surface area (Å²) in [6.45, 7) is 4.16. The number of rotatable bonds is 4. The van der Waals surface area contributed by atoms with Crippen molar-refractivity contribution in [3.05, 3.63) is 40.7 Å². The largest absolute Gasteiger partial charge is 0.377 e. The molecule has 0 aliphatic rings. The summed E-state index contributed by atoms with van der Waals surface area (Å²) in [5.41, 5.74) is 4.37. The summed E-state index contributed by atoms with van der Waals surface area (Å²) >= 11 is 6.11. The maximum atomic E-state index is 6.11. The van der Waals surface area contributed by atoms with Crippen LogP contribution in [0.1, 0.15) is 24.2 Å². The number of benzene rings is 1. The predicted octanol–water partition coefficient (Wildman–Crippen LogP) is 3.62. The number of nitrogens with zero attached hydrogens (tertiary/aromatic N) is 3. The van der Waals surface area contributed by atoms with E-state index in [1.54, 1.807) is 0 Å². The van der Waals surface area contributed by atoms with Crippen LogP contribution in [0.2, 0.25) is 5.02 Å². The number of nitrogens with one attached hydrogen (secondary N) is 1. The molecule has 1 aromatic carbocycles. The van der Waals surface area contributed by atoms with E-state index in [4.69, 9.17) is 11.6 Å². The zero-order valence-electron chi connectivity index (χ0n) is 12.6. The first kappa shape index (κ1) is 14.7. The third kappa shape index (κ3) is 3.07. The topological polar surface area (TPSA) is 33.1 Å². The van der Waals surface area contributed by atoms with Crippen LogP contribution in [0.15, 0.2) is 24.4 Å². The van der Waals surface area contributed by atoms with Crippen molar-refractivity contribution in [2.24, 2.45) is 7.05 Å². The summed E-state index contributed by atoms with van der Waals surface area (Å²) in [6, 6.07) is 6.05. The molecule has 0 bridgehead atoms. The Morgan fingerprint density at radius 1 is 1.35 bits per heavy atom. The lowest BCUT2D eigenvalue weighted by Gasteiger charge is -2.22. The van der Waals surface area contributed by atoms with E-state index in [9.17, 15) is 0 Å². The number of aryl methyl sites for hydroxylation is 2. The molecule has 1 N–H and O–H groups in total. The maximum absolute atomic E-state index is 6.11. The van der Waals surface area contributed by atoms with Gasteiger partial charge in [0, 0.05) is 37.9 Å². The molecule has 0 radical (unpaired) electrons. The Balaban J connectivity index is 2.29. The van der Waals surface area contributed by atoms with Crippen molar-refractivity contribution in [2.75, 3.05) is 24.3 Å². The first-order valence-corrected chi connectivity index (χ1v) is 7.00. The molecule has 108 valence electrons. The quantitative estimate of drug-likeness (QED) is 0.934. The molecule has 1 aromatic heterocycles. The zero-order chi connectivity index (χ0) is 14.9. The van der Waals surface area contributed by atoms with Gasteiger partial charge in [-0.2, -0.15) is 5.10 Å². The standard InChI is InChI=1S/C15H21ClN4/c1-10(13-9-20(5)18-11(13)2)17-14-8-12(16)6-7-15(14)19(3)4/h6-10,17H,1-5H3. The van der Waals surface area contributed by atoms with E-state index < -0.39 is 0 Å². The van der Waals surface area contributed by atoms with E-state index in [0.29, 0.717) is 0 Å². The third-order valence-electron chi connectivity index (χ3n) is 3.33. The van der Waals surface area contributed by atoms with Crippen molar-refractivity contribution in [3.8, 4) is 0 Å². The van der Waals surface area contributed by atoms with Crippen LogP contribution in [0.5, 0.6) is 0 Å². The molecule has 2 rings (SSSR count). The molecule has 5 heteroatoms. The van der Waals surface area contributed by atoms with Crippen LogP contribution in [0, 0.1) is 6.92 Å². The fraction of sp³-hybridized carbons (Fsp3) is 0.400. The number of anilines is 2. The van der Waals surface area contributed by atoms with E-state index in [1.807, 2.05) is 57.1 Å². The summed E-state index contributed by atoms with van der Waals surface area (Å²) in [7, 11) is 5.98. The monoisotopic (exact) mass is 292 g/mol. The fourth-order valence-corrected chi connectivity index (χ4v) is 2.54. The Morgan fingerprint density at radius 3 is 2.60 bits per heavy atom. The van der Waals surface area contributed by atoms with E-state index in [1.165, 1.54) is 5.56 Å². The molecule has 0 amide bonds. The van der Waals surface area contributed by atoms with Crippen LogP contribution in [0.4, 0.5) is 11.4 Å². The number of aromatic nitrogens is 2. The van der Waals surface area contributed by atoms with Crippen LogP contribution < -0.4 is 10.2 Å². The minimum atomic E-state index is 0.167. The Kier molecular flexibility index (Phi) is 4.23.